The van der Waals surface area contributed by atoms with Gasteiger partial charge in [-0.15, -0.1) is 0 Å². The van der Waals surface area contributed by atoms with Crippen molar-refractivity contribution in [1.29, 1.82) is 0 Å². The molecule has 1 aromatic carbocycles. The van der Waals surface area contributed by atoms with Crippen LogP contribution in [0.25, 0.3) is 0 Å². The first-order valence-electron chi connectivity index (χ1n) is 7.74. The van der Waals surface area contributed by atoms with Gasteiger partial charge in [-0.3, -0.25) is 4.03 Å². The number of benzene rings is 1. The van der Waals surface area contributed by atoms with Crippen molar-refractivity contribution in [2.45, 2.75) is 56.9 Å². The van der Waals surface area contributed by atoms with Crippen LogP contribution in [0.4, 0.5) is 0 Å². The zero-order valence-electron chi connectivity index (χ0n) is 14.9. The van der Waals surface area contributed by atoms with Crippen LogP contribution in [0.15, 0.2) is 27.1 Å². The minimum atomic E-state index is -2.49. The lowest BCUT2D eigenvalue weighted by Gasteiger charge is -2.32. The summed E-state index contributed by atoms with van der Waals surface area (Å²) < 4.78 is 21.6. The predicted octanol–water partition coefficient (Wildman–Crippen LogP) is 3.60. The van der Waals surface area contributed by atoms with Crippen molar-refractivity contribution < 1.29 is 4.21 Å². The molecule has 1 atom stereocenters. The van der Waals surface area contributed by atoms with E-state index < -0.39 is 18.2 Å². The zero-order chi connectivity index (χ0) is 16.8. The highest BCUT2D eigenvalue weighted by Crippen LogP contribution is 2.39. The normalized spacial score (nSPS) is 22.0. The molecule has 2 rings (SSSR count). The molecule has 0 saturated carbocycles. The molecule has 0 saturated heterocycles. The molecule has 22 heavy (non-hydrogen) atoms. The summed E-state index contributed by atoms with van der Waals surface area (Å²) in [6.07, 6.45) is 0. The minimum Gasteiger partial charge on any atom is -0.305 e. The fourth-order valence-electron chi connectivity index (χ4n) is 2.26. The van der Waals surface area contributed by atoms with Crippen LogP contribution < -0.4 is 4.72 Å². The van der Waals surface area contributed by atoms with Crippen molar-refractivity contribution >= 4 is 18.2 Å². The first-order chi connectivity index (χ1) is 9.95. The summed E-state index contributed by atoms with van der Waals surface area (Å²) in [5.41, 5.74) is 2.31. The fourth-order valence-corrected chi connectivity index (χ4v) is 7.89. The van der Waals surface area contributed by atoms with Gasteiger partial charge in [0.2, 0.25) is 0 Å². The molecule has 0 aromatic heterocycles. The van der Waals surface area contributed by atoms with Gasteiger partial charge < -0.3 is 4.90 Å². The molecule has 1 aromatic rings. The van der Waals surface area contributed by atoms with Gasteiger partial charge in [0.15, 0.2) is 8.24 Å². The lowest BCUT2D eigenvalue weighted by Crippen LogP contribution is -2.37. The average Bonchev–Trinajstić information content (AvgIpc) is 2.64. The van der Waals surface area contributed by atoms with Gasteiger partial charge in [0, 0.05) is 13.1 Å². The van der Waals surface area contributed by atoms with E-state index in [1.54, 1.807) is 0 Å². The number of fused-ring (bicyclic) bond motifs is 1. The molecular weight excluding hydrogens is 310 g/mol. The van der Waals surface area contributed by atoms with Crippen molar-refractivity contribution in [3.63, 3.8) is 0 Å². The maximum atomic E-state index is 13.5. The van der Waals surface area contributed by atoms with E-state index in [9.17, 15) is 4.21 Å². The van der Waals surface area contributed by atoms with Crippen LogP contribution in [0.2, 0.25) is 18.1 Å². The van der Waals surface area contributed by atoms with E-state index in [2.05, 4.69) is 61.7 Å². The zero-order valence-corrected chi connectivity index (χ0v) is 16.7. The molecule has 1 unspecified atom stereocenters. The van der Waals surface area contributed by atoms with Crippen molar-refractivity contribution in [2.75, 3.05) is 14.1 Å². The van der Waals surface area contributed by atoms with Crippen LogP contribution in [0.1, 0.15) is 31.9 Å². The van der Waals surface area contributed by atoms with Crippen molar-refractivity contribution in [3.8, 4) is 0 Å². The van der Waals surface area contributed by atoms with Crippen LogP contribution >= 0.6 is 0 Å². The molecule has 1 aliphatic rings. The maximum absolute atomic E-state index is 13.5. The van der Waals surface area contributed by atoms with Crippen LogP contribution in [-0.4, -0.2) is 31.4 Å². The average molecular weight is 340 g/mol. The van der Waals surface area contributed by atoms with Gasteiger partial charge in [-0.2, -0.15) is 0 Å². The molecule has 0 aliphatic carbocycles. The van der Waals surface area contributed by atoms with E-state index in [4.69, 9.17) is 4.03 Å². The van der Waals surface area contributed by atoms with Gasteiger partial charge in [-0.25, -0.2) is 8.93 Å². The standard InChI is InChI=1S/C16H29N3OSSi/c1-16(2,3)22(6,7)18-21(20)15-10-13(12-19(4)5)8-9-14(15)11-17-21/h8-10H,11-12H2,1-7H3,(H,17,18,20). The van der Waals surface area contributed by atoms with Gasteiger partial charge in [0.25, 0.3) is 0 Å². The highest BCUT2D eigenvalue weighted by Gasteiger charge is 2.39. The molecule has 0 spiro atoms. The third-order valence-corrected chi connectivity index (χ3v) is 12.6. The summed E-state index contributed by atoms with van der Waals surface area (Å²) >= 11 is 0. The molecule has 124 valence electrons. The highest BCUT2D eigenvalue weighted by molar-refractivity contribution is 7.92. The second-order valence-electron chi connectivity index (χ2n) is 7.93. The smallest absolute Gasteiger partial charge is 0.195 e. The van der Waals surface area contributed by atoms with E-state index in [0.717, 1.165) is 17.0 Å². The van der Waals surface area contributed by atoms with Gasteiger partial charge in [0.05, 0.1) is 4.90 Å². The minimum absolute atomic E-state index is 0.0864. The van der Waals surface area contributed by atoms with Crippen LogP contribution in [-0.2, 0) is 23.0 Å². The Hall–Kier alpha value is -0.693. The Bertz CT molecular complexity index is 683. The van der Waals surface area contributed by atoms with Gasteiger partial charge in [-0.1, -0.05) is 32.9 Å². The first-order valence-corrected chi connectivity index (χ1v) is 12.2. The Kier molecular flexibility index (Phi) is 4.61. The van der Waals surface area contributed by atoms with E-state index in [0.29, 0.717) is 6.54 Å². The van der Waals surface area contributed by atoms with E-state index in [1.807, 2.05) is 14.1 Å². The summed E-state index contributed by atoms with van der Waals surface area (Å²) in [7, 11) is -0.389. The number of rotatable bonds is 3. The second kappa shape index (κ2) is 5.74. The fraction of sp³-hybridized carbons (Fsp3) is 0.625. The summed E-state index contributed by atoms with van der Waals surface area (Å²) in [5.74, 6) is 0. The van der Waals surface area contributed by atoms with Gasteiger partial charge in [-0.05, 0) is 49.4 Å². The van der Waals surface area contributed by atoms with E-state index in [-0.39, 0.29) is 5.04 Å². The SMILES string of the molecule is CN(C)Cc1ccc2c(c1)S(=O)(=N[Si](C)(C)C(C)(C)C)NC2. The van der Waals surface area contributed by atoms with Gasteiger partial charge >= 0.3 is 0 Å². The number of hydrogen-bond acceptors (Lipinski definition) is 3. The molecular formula is C16H29N3OSSi. The molecule has 1 aliphatic heterocycles. The largest absolute Gasteiger partial charge is 0.305 e. The third kappa shape index (κ3) is 3.45. The number of nitrogens with one attached hydrogen (secondary N) is 1. The predicted molar refractivity (Wildman–Crippen MR) is 96.7 cm³/mol. The van der Waals surface area contributed by atoms with E-state index in [1.165, 1.54) is 5.56 Å². The Morgan fingerprint density at radius 1 is 1.32 bits per heavy atom. The molecule has 1 heterocycles. The molecule has 6 heteroatoms. The lowest BCUT2D eigenvalue weighted by atomic mass is 10.1. The second-order valence-corrected chi connectivity index (χ2v) is 15.1. The number of nitrogens with zero attached hydrogens (tertiary/aromatic N) is 2. The highest BCUT2D eigenvalue weighted by atomic mass is 32.2. The molecule has 0 radical (unpaired) electrons. The van der Waals surface area contributed by atoms with Crippen LogP contribution in [0, 0.1) is 0 Å². The van der Waals surface area contributed by atoms with Crippen LogP contribution in [0.3, 0.4) is 0 Å². The summed E-state index contributed by atoms with van der Waals surface area (Å²) in [6, 6.07) is 6.29. The lowest BCUT2D eigenvalue weighted by molar-refractivity contribution is 0.402. The Labute approximate surface area is 136 Å². The van der Waals surface area contributed by atoms with Crippen molar-refractivity contribution in [2.24, 2.45) is 4.03 Å². The van der Waals surface area contributed by atoms with Crippen LogP contribution in [0.5, 0.6) is 0 Å². The summed E-state index contributed by atoms with van der Waals surface area (Å²) in [6.45, 7) is 12.5. The summed E-state index contributed by atoms with van der Waals surface area (Å²) in [4.78, 5) is 3.02. The first kappa shape index (κ1) is 17.7. The molecule has 4 nitrogen and oxygen atoms in total. The summed E-state index contributed by atoms with van der Waals surface area (Å²) in [5, 5.41) is 0.0864. The molecule has 0 amide bonds. The topological polar surface area (TPSA) is 44.7 Å². The molecule has 1 N–H and O–H groups in total. The Morgan fingerprint density at radius 3 is 2.50 bits per heavy atom. The maximum Gasteiger partial charge on any atom is 0.195 e. The van der Waals surface area contributed by atoms with Gasteiger partial charge in [0.1, 0.15) is 9.92 Å². The number of hydrogen-bond donors (Lipinski definition) is 1. The van der Waals surface area contributed by atoms with Crippen molar-refractivity contribution in [3.05, 3.63) is 29.3 Å². The quantitative estimate of drug-likeness (QED) is 0.855. The Morgan fingerprint density at radius 2 is 1.95 bits per heavy atom. The Balaban J connectivity index is 2.52. The van der Waals surface area contributed by atoms with Crippen molar-refractivity contribution in [1.82, 2.24) is 9.62 Å². The monoisotopic (exact) mass is 339 g/mol. The molecule has 0 fully saturated rings. The third-order valence-electron chi connectivity index (χ3n) is 4.58. The molecule has 0 bridgehead atoms. The van der Waals surface area contributed by atoms with E-state index >= 15 is 0 Å².